The van der Waals surface area contributed by atoms with Crippen LogP contribution in [0, 0.1) is 11.3 Å². The Kier molecular flexibility index (Phi) is 9.33. The number of hydrogen-bond acceptors (Lipinski definition) is 3. The third kappa shape index (κ3) is 7.56. The molecule has 96 valence electrons. The number of hydrogen-bond donors (Lipinski definition) is 3. The zero-order valence-electron chi connectivity index (χ0n) is 10.4. The molecule has 1 atom stereocenters. The third-order valence-electron chi connectivity index (χ3n) is 2.72. The van der Waals surface area contributed by atoms with E-state index in [4.69, 9.17) is 10.2 Å². The van der Waals surface area contributed by atoms with Gasteiger partial charge in [-0.15, -0.1) is 0 Å². The van der Waals surface area contributed by atoms with Crippen molar-refractivity contribution in [2.75, 3.05) is 5.75 Å². The lowest BCUT2D eigenvalue weighted by Gasteiger charge is -2.25. The van der Waals surface area contributed by atoms with E-state index in [-0.39, 0.29) is 12.3 Å². The van der Waals surface area contributed by atoms with Gasteiger partial charge in [0.2, 0.25) is 0 Å². The predicted molar refractivity (Wildman–Crippen MR) is 67.0 cm³/mol. The Labute approximate surface area is 102 Å². The molecule has 4 nitrogen and oxygen atoms in total. The summed E-state index contributed by atoms with van der Waals surface area (Å²) >= 11 is 3.68. The molecule has 0 saturated carbocycles. The van der Waals surface area contributed by atoms with Gasteiger partial charge in [-0.05, 0) is 19.8 Å². The smallest absolute Gasteiger partial charge is 0.309 e. The first kappa shape index (κ1) is 17.7. The Morgan fingerprint density at radius 3 is 1.81 bits per heavy atom. The summed E-state index contributed by atoms with van der Waals surface area (Å²) in [7, 11) is 0. The molecule has 0 radical (unpaired) electrons. The molecule has 0 aliphatic rings. The van der Waals surface area contributed by atoms with E-state index in [0.29, 0.717) is 5.75 Å². The van der Waals surface area contributed by atoms with E-state index in [1.807, 2.05) is 13.8 Å². The highest BCUT2D eigenvalue weighted by atomic mass is 32.1. The van der Waals surface area contributed by atoms with Crippen molar-refractivity contribution in [1.82, 2.24) is 0 Å². The van der Waals surface area contributed by atoms with Crippen molar-refractivity contribution < 1.29 is 19.8 Å². The fourth-order valence-corrected chi connectivity index (χ4v) is 1.01. The van der Waals surface area contributed by atoms with Crippen LogP contribution in [-0.2, 0) is 9.59 Å². The predicted octanol–water partition coefficient (Wildman–Crippen LogP) is 2.53. The van der Waals surface area contributed by atoms with E-state index in [1.165, 1.54) is 0 Å². The topological polar surface area (TPSA) is 74.6 Å². The zero-order valence-corrected chi connectivity index (χ0v) is 11.3. The summed E-state index contributed by atoms with van der Waals surface area (Å²) in [5, 5.41) is 16.6. The van der Waals surface area contributed by atoms with Crippen molar-refractivity contribution in [3.63, 3.8) is 0 Å². The lowest BCUT2D eigenvalue weighted by Crippen LogP contribution is -2.30. The quantitative estimate of drug-likeness (QED) is 0.655. The summed E-state index contributed by atoms with van der Waals surface area (Å²) in [6.45, 7) is 7.51. The lowest BCUT2D eigenvalue weighted by molar-refractivity contribution is -0.149. The first-order valence-electron chi connectivity index (χ1n) is 5.26. The van der Waals surface area contributed by atoms with Gasteiger partial charge in [0, 0.05) is 5.75 Å². The van der Waals surface area contributed by atoms with Gasteiger partial charge in [-0.2, -0.15) is 12.6 Å². The van der Waals surface area contributed by atoms with Crippen molar-refractivity contribution in [1.29, 1.82) is 0 Å². The average molecular weight is 250 g/mol. The van der Waals surface area contributed by atoms with E-state index >= 15 is 0 Å². The van der Waals surface area contributed by atoms with E-state index in [2.05, 4.69) is 12.6 Å². The molecule has 5 heteroatoms. The number of aliphatic carboxylic acids is 2. The lowest BCUT2D eigenvalue weighted by atomic mass is 9.79. The second-order valence-electron chi connectivity index (χ2n) is 4.20. The minimum Gasteiger partial charge on any atom is -0.481 e. The second kappa shape index (κ2) is 8.44. The number of thiol groups is 1. The minimum absolute atomic E-state index is 0.156. The van der Waals surface area contributed by atoms with Crippen molar-refractivity contribution in [3.05, 3.63) is 0 Å². The van der Waals surface area contributed by atoms with E-state index < -0.39 is 17.4 Å². The van der Waals surface area contributed by atoms with Crippen LogP contribution in [0.2, 0.25) is 0 Å². The molecule has 0 saturated heterocycles. The van der Waals surface area contributed by atoms with Gasteiger partial charge in [0.25, 0.3) is 0 Å². The Morgan fingerprint density at radius 1 is 1.31 bits per heavy atom. The van der Waals surface area contributed by atoms with Crippen molar-refractivity contribution in [3.8, 4) is 0 Å². The first-order valence-corrected chi connectivity index (χ1v) is 5.89. The third-order valence-corrected chi connectivity index (χ3v) is 2.94. The summed E-state index contributed by atoms with van der Waals surface area (Å²) in [5.74, 6) is -0.827. The first-order chi connectivity index (χ1) is 7.19. The summed E-state index contributed by atoms with van der Waals surface area (Å²) in [6, 6.07) is 0. The Bertz CT molecular complexity index is 226. The van der Waals surface area contributed by atoms with Crippen LogP contribution in [0.15, 0.2) is 0 Å². The van der Waals surface area contributed by atoms with Gasteiger partial charge in [0.05, 0.1) is 11.8 Å². The molecule has 0 fully saturated rings. The van der Waals surface area contributed by atoms with Gasteiger partial charge >= 0.3 is 11.9 Å². The highest BCUT2D eigenvalue weighted by molar-refractivity contribution is 7.80. The standard InChI is InChI=1S/C8H16O2.C3H6O2S/c1-5-6(2)8(3,4)7(9)10;4-3(5)1-2-6/h6H,5H2,1-4H3,(H,9,10);6H,1-2H2,(H,4,5). The molecule has 0 heterocycles. The van der Waals surface area contributed by atoms with Crippen molar-refractivity contribution in [2.24, 2.45) is 11.3 Å². The maximum absolute atomic E-state index is 10.6. The zero-order chi connectivity index (χ0) is 13.4. The van der Waals surface area contributed by atoms with E-state index in [9.17, 15) is 9.59 Å². The summed E-state index contributed by atoms with van der Waals surface area (Å²) in [6.07, 6.45) is 1.07. The molecule has 2 N–H and O–H groups in total. The van der Waals surface area contributed by atoms with Crippen LogP contribution in [0.25, 0.3) is 0 Å². The Morgan fingerprint density at radius 2 is 1.75 bits per heavy atom. The maximum Gasteiger partial charge on any atom is 0.309 e. The molecule has 0 aromatic heterocycles. The monoisotopic (exact) mass is 250 g/mol. The maximum atomic E-state index is 10.6. The van der Waals surface area contributed by atoms with Gasteiger partial charge in [0.15, 0.2) is 0 Å². The molecule has 0 rings (SSSR count). The van der Waals surface area contributed by atoms with Crippen LogP contribution in [0.1, 0.15) is 40.5 Å². The van der Waals surface area contributed by atoms with Crippen LogP contribution >= 0.6 is 12.6 Å². The van der Waals surface area contributed by atoms with Crippen LogP contribution in [-0.4, -0.2) is 27.9 Å². The summed E-state index contributed by atoms with van der Waals surface area (Å²) in [4.78, 5) is 20.2. The number of carboxylic acids is 2. The summed E-state index contributed by atoms with van der Waals surface area (Å²) in [5.41, 5.74) is -0.575. The molecule has 0 bridgehead atoms. The molecule has 0 aliphatic carbocycles. The molecule has 16 heavy (non-hydrogen) atoms. The fourth-order valence-electron chi connectivity index (χ4n) is 0.817. The average Bonchev–Trinajstić information content (AvgIpc) is 2.16. The fraction of sp³-hybridized carbons (Fsp3) is 0.818. The van der Waals surface area contributed by atoms with E-state index in [1.54, 1.807) is 13.8 Å². The molecule has 0 spiro atoms. The van der Waals surface area contributed by atoms with Gasteiger partial charge in [-0.3, -0.25) is 9.59 Å². The molecular formula is C11H22O4S. The SMILES string of the molecule is CCC(C)C(C)(C)C(=O)O.O=C(O)CCS. The van der Waals surface area contributed by atoms with Crippen LogP contribution in [0.3, 0.4) is 0 Å². The molecular weight excluding hydrogens is 228 g/mol. The van der Waals surface area contributed by atoms with E-state index in [0.717, 1.165) is 6.42 Å². The van der Waals surface area contributed by atoms with Gasteiger partial charge in [0.1, 0.15) is 0 Å². The normalized spacial score (nSPS) is 12.3. The molecule has 0 aromatic carbocycles. The Balaban J connectivity index is 0. The summed E-state index contributed by atoms with van der Waals surface area (Å²) < 4.78 is 0. The van der Waals surface area contributed by atoms with Crippen molar-refractivity contribution >= 4 is 24.6 Å². The highest BCUT2D eigenvalue weighted by Crippen LogP contribution is 2.28. The second-order valence-corrected chi connectivity index (χ2v) is 4.65. The van der Waals surface area contributed by atoms with Crippen LogP contribution in [0.5, 0.6) is 0 Å². The van der Waals surface area contributed by atoms with Crippen LogP contribution < -0.4 is 0 Å². The number of rotatable bonds is 5. The molecule has 1 unspecified atom stereocenters. The van der Waals surface area contributed by atoms with Gasteiger partial charge in [-0.25, -0.2) is 0 Å². The molecule has 0 aliphatic heterocycles. The van der Waals surface area contributed by atoms with Crippen molar-refractivity contribution in [2.45, 2.75) is 40.5 Å². The highest BCUT2D eigenvalue weighted by Gasteiger charge is 2.32. The number of carbonyl (C=O) groups is 2. The molecule has 0 aromatic rings. The Hall–Kier alpha value is -0.710. The van der Waals surface area contributed by atoms with Crippen LogP contribution in [0.4, 0.5) is 0 Å². The molecule has 0 amide bonds. The number of carboxylic acid groups (broad SMARTS) is 2. The largest absolute Gasteiger partial charge is 0.481 e. The van der Waals surface area contributed by atoms with Gasteiger partial charge in [-0.1, -0.05) is 20.3 Å². The minimum atomic E-state index is -0.787. The van der Waals surface area contributed by atoms with Gasteiger partial charge < -0.3 is 10.2 Å².